The number of rotatable bonds is 2. The van der Waals surface area contributed by atoms with Crippen molar-refractivity contribution in [3.05, 3.63) is 58.3 Å². The zero-order chi connectivity index (χ0) is 12.7. The summed E-state index contributed by atoms with van der Waals surface area (Å²) in [6.45, 7) is 1.83. The van der Waals surface area contributed by atoms with Crippen molar-refractivity contribution in [3.8, 4) is 11.1 Å². The topological polar surface area (TPSA) is 22.0 Å². The summed E-state index contributed by atoms with van der Waals surface area (Å²) in [6.07, 6.45) is 6.14. The van der Waals surface area contributed by atoms with Crippen LogP contribution in [0.4, 0.5) is 4.39 Å². The molecule has 0 aliphatic heterocycles. The maximum absolute atomic E-state index is 12.9. The molecule has 1 saturated carbocycles. The lowest BCUT2D eigenvalue weighted by atomic mass is 10.1. The Balaban J connectivity index is 2.15. The summed E-state index contributed by atoms with van der Waals surface area (Å²) >= 11 is 0. The maximum atomic E-state index is 12.9. The van der Waals surface area contributed by atoms with Gasteiger partial charge in [0.05, 0.1) is 0 Å². The normalized spacial score (nSPS) is 14.8. The fraction of sp³-hybridized carbons (Fsp3) is 0.267. The summed E-state index contributed by atoms with van der Waals surface area (Å²) < 4.78 is 15.0. The summed E-state index contributed by atoms with van der Waals surface area (Å²) in [6, 6.07) is 6.62. The first-order chi connectivity index (χ1) is 8.65. The molecule has 1 aliphatic carbocycles. The van der Waals surface area contributed by atoms with E-state index in [-0.39, 0.29) is 11.2 Å². The van der Waals surface area contributed by atoms with Gasteiger partial charge >= 0.3 is 0 Å². The molecule has 0 atom stereocenters. The average molecular weight is 243 g/mol. The van der Waals surface area contributed by atoms with Gasteiger partial charge in [0.25, 0.3) is 0 Å². The van der Waals surface area contributed by atoms with Gasteiger partial charge in [-0.15, -0.1) is 0 Å². The predicted molar refractivity (Wildman–Crippen MR) is 69.1 cm³/mol. The van der Waals surface area contributed by atoms with Crippen molar-refractivity contribution in [2.24, 2.45) is 0 Å². The zero-order valence-electron chi connectivity index (χ0n) is 10.2. The van der Waals surface area contributed by atoms with E-state index in [2.05, 4.69) is 4.57 Å². The van der Waals surface area contributed by atoms with Gasteiger partial charge in [-0.05, 0) is 37.5 Å². The van der Waals surface area contributed by atoms with E-state index in [9.17, 15) is 9.18 Å². The van der Waals surface area contributed by atoms with E-state index >= 15 is 0 Å². The first-order valence-corrected chi connectivity index (χ1v) is 6.13. The highest BCUT2D eigenvalue weighted by atomic mass is 19.1. The van der Waals surface area contributed by atoms with Crippen LogP contribution in [-0.2, 0) is 0 Å². The van der Waals surface area contributed by atoms with Crippen molar-refractivity contribution in [1.29, 1.82) is 0 Å². The van der Waals surface area contributed by atoms with Crippen LogP contribution in [-0.4, -0.2) is 4.57 Å². The minimum absolute atomic E-state index is 0.0264. The van der Waals surface area contributed by atoms with Crippen molar-refractivity contribution in [1.82, 2.24) is 4.57 Å². The highest BCUT2D eigenvalue weighted by Crippen LogP contribution is 2.35. The molecule has 1 heterocycles. The van der Waals surface area contributed by atoms with Gasteiger partial charge in [0.15, 0.2) is 5.43 Å². The molecule has 0 amide bonds. The quantitative estimate of drug-likeness (QED) is 0.793. The van der Waals surface area contributed by atoms with Gasteiger partial charge in [0.2, 0.25) is 0 Å². The standard InChI is InChI=1S/C15H14FNO/c1-10-8-17(13-6-7-13)9-14(15(10)18)11-2-4-12(16)5-3-11/h2-5,8-9,13H,6-7H2,1H3. The van der Waals surface area contributed by atoms with Crippen LogP contribution in [0.5, 0.6) is 0 Å². The molecule has 0 saturated heterocycles. The third-order valence-corrected chi connectivity index (χ3v) is 3.35. The van der Waals surface area contributed by atoms with Crippen LogP contribution in [0.2, 0.25) is 0 Å². The second kappa shape index (κ2) is 4.09. The number of pyridine rings is 1. The zero-order valence-corrected chi connectivity index (χ0v) is 10.2. The molecule has 18 heavy (non-hydrogen) atoms. The van der Waals surface area contributed by atoms with Crippen molar-refractivity contribution >= 4 is 0 Å². The molecule has 92 valence electrons. The fourth-order valence-electron chi connectivity index (χ4n) is 2.16. The number of nitrogens with zero attached hydrogens (tertiary/aromatic N) is 1. The van der Waals surface area contributed by atoms with Gasteiger partial charge in [-0.2, -0.15) is 0 Å². The Morgan fingerprint density at radius 2 is 1.83 bits per heavy atom. The molecule has 1 aliphatic rings. The SMILES string of the molecule is Cc1cn(C2CC2)cc(-c2ccc(F)cc2)c1=O. The third kappa shape index (κ3) is 1.96. The largest absolute Gasteiger partial charge is 0.350 e. The average Bonchev–Trinajstić information content (AvgIpc) is 3.18. The van der Waals surface area contributed by atoms with Crippen molar-refractivity contribution < 1.29 is 4.39 Å². The molecule has 2 nitrogen and oxygen atoms in total. The van der Waals surface area contributed by atoms with E-state index in [4.69, 9.17) is 0 Å². The van der Waals surface area contributed by atoms with Gasteiger partial charge in [0.1, 0.15) is 5.82 Å². The summed E-state index contributed by atoms with van der Waals surface area (Å²) in [5.74, 6) is -0.283. The molecule has 0 radical (unpaired) electrons. The lowest BCUT2D eigenvalue weighted by molar-refractivity contribution is 0.628. The smallest absolute Gasteiger partial charge is 0.192 e. The van der Waals surface area contributed by atoms with E-state index in [0.717, 1.165) is 11.1 Å². The minimum atomic E-state index is -0.283. The van der Waals surface area contributed by atoms with E-state index in [1.165, 1.54) is 25.0 Å². The van der Waals surface area contributed by atoms with Crippen LogP contribution in [0.25, 0.3) is 11.1 Å². The number of aryl methyl sites for hydroxylation is 1. The summed E-state index contributed by atoms with van der Waals surface area (Å²) in [5.41, 5.74) is 2.20. The molecule has 3 rings (SSSR count). The molecule has 0 spiro atoms. The third-order valence-electron chi connectivity index (χ3n) is 3.35. The fourth-order valence-corrected chi connectivity index (χ4v) is 2.16. The Bertz CT molecular complexity index is 639. The van der Waals surface area contributed by atoms with Gasteiger partial charge < -0.3 is 4.57 Å². The Kier molecular flexibility index (Phi) is 2.54. The highest BCUT2D eigenvalue weighted by molar-refractivity contribution is 5.63. The van der Waals surface area contributed by atoms with Crippen LogP contribution in [0.15, 0.2) is 41.5 Å². The summed E-state index contributed by atoms with van der Waals surface area (Å²) in [4.78, 5) is 12.1. The number of benzene rings is 1. The molecule has 2 aromatic rings. The number of hydrogen-bond acceptors (Lipinski definition) is 1. The molecule has 0 N–H and O–H groups in total. The molecular formula is C15H14FNO. The van der Waals surface area contributed by atoms with Crippen LogP contribution in [0.1, 0.15) is 24.4 Å². The molecule has 1 aromatic carbocycles. The van der Waals surface area contributed by atoms with Crippen molar-refractivity contribution in [3.63, 3.8) is 0 Å². The molecule has 0 unspecified atom stereocenters. The monoisotopic (exact) mass is 243 g/mol. The van der Waals surface area contributed by atoms with Gasteiger partial charge in [-0.1, -0.05) is 12.1 Å². The van der Waals surface area contributed by atoms with E-state index in [1.807, 2.05) is 19.3 Å². The van der Waals surface area contributed by atoms with Crippen molar-refractivity contribution in [2.45, 2.75) is 25.8 Å². The van der Waals surface area contributed by atoms with Gasteiger partial charge in [0, 0.05) is 29.6 Å². The molecule has 3 heteroatoms. The molecular weight excluding hydrogens is 229 g/mol. The lowest BCUT2D eigenvalue weighted by Gasteiger charge is -2.09. The van der Waals surface area contributed by atoms with Crippen LogP contribution in [0, 0.1) is 12.7 Å². The van der Waals surface area contributed by atoms with Crippen molar-refractivity contribution in [2.75, 3.05) is 0 Å². The Hall–Kier alpha value is -1.90. The Morgan fingerprint density at radius 1 is 1.17 bits per heavy atom. The van der Waals surface area contributed by atoms with Crippen LogP contribution >= 0.6 is 0 Å². The van der Waals surface area contributed by atoms with E-state index in [1.54, 1.807) is 12.1 Å². The number of aromatic nitrogens is 1. The lowest BCUT2D eigenvalue weighted by Crippen LogP contribution is -2.12. The van der Waals surface area contributed by atoms with Crippen LogP contribution < -0.4 is 5.43 Å². The predicted octanol–water partition coefficient (Wildman–Crippen LogP) is 3.30. The maximum Gasteiger partial charge on any atom is 0.192 e. The second-order valence-corrected chi connectivity index (χ2v) is 4.87. The van der Waals surface area contributed by atoms with Crippen LogP contribution in [0.3, 0.4) is 0 Å². The first kappa shape index (κ1) is 11.2. The molecule has 1 aromatic heterocycles. The van der Waals surface area contributed by atoms with Gasteiger partial charge in [-0.3, -0.25) is 4.79 Å². The van der Waals surface area contributed by atoms with E-state index in [0.29, 0.717) is 11.6 Å². The summed E-state index contributed by atoms with van der Waals surface area (Å²) in [5, 5.41) is 0. The second-order valence-electron chi connectivity index (χ2n) is 4.87. The molecule has 1 fully saturated rings. The number of hydrogen-bond donors (Lipinski definition) is 0. The first-order valence-electron chi connectivity index (χ1n) is 6.13. The van der Waals surface area contributed by atoms with E-state index < -0.39 is 0 Å². The summed E-state index contributed by atoms with van der Waals surface area (Å²) in [7, 11) is 0. The Labute approximate surface area is 105 Å². The molecule has 0 bridgehead atoms. The highest BCUT2D eigenvalue weighted by Gasteiger charge is 2.23. The Morgan fingerprint density at radius 3 is 2.44 bits per heavy atom. The number of halogens is 1. The minimum Gasteiger partial charge on any atom is -0.350 e. The van der Waals surface area contributed by atoms with Gasteiger partial charge in [-0.25, -0.2) is 4.39 Å².